The third-order valence-corrected chi connectivity index (χ3v) is 7.02. The smallest absolute Gasteiger partial charge is 0.312 e. The molecule has 0 N–H and O–H groups in total. The molecule has 1 aromatic heterocycles. The molecule has 156 valence electrons. The van der Waals surface area contributed by atoms with Crippen molar-refractivity contribution in [2.45, 2.75) is 50.0 Å². The molecule has 1 unspecified atom stereocenters. The maximum absolute atomic E-state index is 12.7. The van der Waals surface area contributed by atoms with Gasteiger partial charge in [0.25, 0.3) is 0 Å². The molecule has 0 aromatic carbocycles. The van der Waals surface area contributed by atoms with Crippen molar-refractivity contribution < 1.29 is 17.9 Å². The summed E-state index contributed by atoms with van der Waals surface area (Å²) in [7, 11) is -1.28. The van der Waals surface area contributed by atoms with Crippen molar-refractivity contribution in [2.75, 3.05) is 44.4 Å². The van der Waals surface area contributed by atoms with Gasteiger partial charge in [-0.15, -0.1) is 0 Å². The fourth-order valence-corrected chi connectivity index (χ4v) is 5.11. The summed E-state index contributed by atoms with van der Waals surface area (Å²) in [5.74, 6) is 0.396. The number of esters is 1. The Kier molecular flexibility index (Phi) is 6.29. The highest BCUT2D eigenvalue weighted by Gasteiger charge is 2.50. The molecule has 2 saturated heterocycles. The number of carbonyl (C=O) groups excluding carboxylic acids is 1. The number of piperidine rings is 1. The largest absolute Gasteiger partial charge is 0.461 e. The van der Waals surface area contributed by atoms with Gasteiger partial charge in [0.05, 0.1) is 5.41 Å². The number of unbranched alkanes of at least 4 members (excludes halogenated alkanes) is 1. The van der Waals surface area contributed by atoms with E-state index in [1.807, 2.05) is 4.90 Å². The van der Waals surface area contributed by atoms with Gasteiger partial charge in [-0.05, 0) is 45.0 Å². The highest BCUT2D eigenvalue weighted by Crippen LogP contribution is 2.44. The highest BCUT2D eigenvalue weighted by molar-refractivity contribution is 7.90. The number of carbonyl (C=O) groups is 1. The van der Waals surface area contributed by atoms with E-state index in [-0.39, 0.29) is 17.0 Å². The molecule has 0 bridgehead atoms. The Labute approximate surface area is 168 Å². The zero-order chi connectivity index (χ0) is 20.4. The van der Waals surface area contributed by atoms with Crippen molar-refractivity contribution >= 4 is 21.6 Å². The quantitative estimate of drug-likeness (QED) is 0.638. The summed E-state index contributed by atoms with van der Waals surface area (Å²) in [6, 6.07) is 3.23. The van der Waals surface area contributed by atoms with Gasteiger partial charge >= 0.3 is 5.97 Å². The van der Waals surface area contributed by atoms with Crippen LogP contribution in [0.4, 0.5) is 5.82 Å². The van der Waals surface area contributed by atoms with Crippen LogP contribution in [0.25, 0.3) is 0 Å². The monoisotopic (exact) mass is 409 g/mol. The fraction of sp³-hybridized carbons (Fsp3) is 0.700. The second-order valence-corrected chi connectivity index (χ2v) is 10.2. The predicted molar refractivity (Wildman–Crippen MR) is 108 cm³/mol. The van der Waals surface area contributed by atoms with Gasteiger partial charge in [-0.25, -0.2) is 13.4 Å². The van der Waals surface area contributed by atoms with Crippen molar-refractivity contribution in [2.24, 2.45) is 5.41 Å². The summed E-state index contributed by atoms with van der Waals surface area (Å²) in [6.07, 6.45) is 7.13. The number of aromatic nitrogens is 1. The first-order chi connectivity index (χ1) is 13.2. The van der Waals surface area contributed by atoms with Crippen LogP contribution in [0.1, 0.15) is 39.0 Å². The van der Waals surface area contributed by atoms with E-state index >= 15 is 0 Å². The van der Waals surface area contributed by atoms with Crippen molar-refractivity contribution in [3.63, 3.8) is 0 Å². The third kappa shape index (κ3) is 4.49. The van der Waals surface area contributed by atoms with Crippen LogP contribution < -0.4 is 4.90 Å². The van der Waals surface area contributed by atoms with E-state index in [4.69, 9.17) is 4.74 Å². The fourth-order valence-electron chi connectivity index (χ4n) is 4.27. The number of anilines is 1. The molecule has 3 heterocycles. The third-order valence-electron chi connectivity index (χ3n) is 5.90. The Bertz CT molecular complexity index is 803. The zero-order valence-electron chi connectivity index (χ0n) is 17.1. The Balaban J connectivity index is 1.65. The van der Waals surface area contributed by atoms with Crippen LogP contribution in [0.2, 0.25) is 0 Å². The molecule has 2 aliphatic rings. The van der Waals surface area contributed by atoms with Gasteiger partial charge in [0.1, 0.15) is 16.8 Å². The van der Waals surface area contributed by atoms with Crippen LogP contribution in [0.5, 0.6) is 0 Å². The summed E-state index contributed by atoms with van der Waals surface area (Å²) in [6.45, 7) is 5.16. The van der Waals surface area contributed by atoms with E-state index in [0.29, 0.717) is 31.7 Å². The van der Waals surface area contributed by atoms with Crippen LogP contribution in [0, 0.1) is 5.41 Å². The Morgan fingerprint density at radius 2 is 2.07 bits per heavy atom. The number of cyclic esters (lactones) is 1. The van der Waals surface area contributed by atoms with Crippen molar-refractivity contribution in [3.8, 4) is 0 Å². The topological polar surface area (TPSA) is 79.8 Å². The summed E-state index contributed by atoms with van der Waals surface area (Å²) >= 11 is 0. The number of hydrogen-bond acceptors (Lipinski definition) is 7. The first-order valence-corrected chi connectivity index (χ1v) is 11.9. The molecule has 0 radical (unpaired) electrons. The van der Waals surface area contributed by atoms with Gasteiger partial charge in [-0.3, -0.25) is 4.79 Å². The minimum atomic E-state index is -3.35. The number of ether oxygens (including phenoxy) is 1. The van der Waals surface area contributed by atoms with Crippen LogP contribution in [0.3, 0.4) is 0 Å². The first kappa shape index (κ1) is 21.0. The second kappa shape index (κ2) is 8.37. The Hall–Kier alpha value is -1.67. The molecule has 0 aliphatic carbocycles. The van der Waals surface area contributed by atoms with E-state index in [1.165, 1.54) is 6.26 Å². The molecule has 0 amide bonds. The number of hydrogen-bond donors (Lipinski definition) is 0. The molecular formula is C20H31N3O4S. The normalized spacial score (nSPS) is 22.1. The molecule has 28 heavy (non-hydrogen) atoms. The molecule has 1 spiro atoms. The van der Waals surface area contributed by atoms with Crippen molar-refractivity contribution in [3.05, 3.63) is 18.3 Å². The molecule has 7 nitrogen and oxygen atoms in total. The van der Waals surface area contributed by atoms with Crippen LogP contribution >= 0.6 is 0 Å². The molecule has 8 heteroatoms. The first-order valence-electron chi connectivity index (χ1n) is 10.0. The van der Waals surface area contributed by atoms with Crippen molar-refractivity contribution in [1.29, 1.82) is 0 Å². The Morgan fingerprint density at radius 3 is 2.71 bits per heavy atom. The van der Waals surface area contributed by atoms with Crippen LogP contribution in [0.15, 0.2) is 23.2 Å². The minimum absolute atomic E-state index is 0.0534. The van der Waals surface area contributed by atoms with E-state index in [1.54, 1.807) is 18.3 Å². The molecule has 1 aromatic rings. The van der Waals surface area contributed by atoms with Gasteiger partial charge in [0.2, 0.25) is 0 Å². The van der Waals surface area contributed by atoms with Crippen LogP contribution in [-0.2, 0) is 19.4 Å². The molecule has 3 rings (SSSR count). The second-order valence-electron chi connectivity index (χ2n) is 8.21. The number of likely N-dealkylation sites (N-methyl/N-ethyl adjacent to an activating group) is 1. The SMILES string of the molecule is CCCCN(C)CC1CC2(CCN(c3ncccc3S(C)(=O)=O)CC2)C(=O)O1. The zero-order valence-corrected chi connectivity index (χ0v) is 17.9. The van der Waals surface area contributed by atoms with Crippen molar-refractivity contribution in [1.82, 2.24) is 9.88 Å². The van der Waals surface area contributed by atoms with E-state index in [9.17, 15) is 13.2 Å². The molecule has 0 saturated carbocycles. The lowest BCUT2D eigenvalue weighted by Gasteiger charge is -2.37. The standard InChI is InChI=1S/C20H31N3O4S/c1-4-5-11-22(2)15-16-14-20(19(24)27-16)8-12-23(13-9-20)18-17(28(3,25)26)7-6-10-21-18/h6-7,10,16H,4-5,8-9,11-15H2,1-3H3. The average molecular weight is 410 g/mol. The van der Waals surface area contributed by atoms with Crippen LogP contribution in [-0.4, -0.2) is 69.9 Å². The Morgan fingerprint density at radius 1 is 1.36 bits per heavy atom. The van der Waals surface area contributed by atoms with Gasteiger partial charge in [-0.1, -0.05) is 13.3 Å². The van der Waals surface area contributed by atoms with Gasteiger partial charge in [0.15, 0.2) is 9.84 Å². The predicted octanol–water partition coefficient (Wildman–Crippen LogP) is 2.12. The van der Waals surface area contributed by atoms with E-state index in [0.717, 1.165) is 32.4 Å². The van der Waals surface area contributed by atoms with Gasteiger partial charge in [-0.2, -0.15) is 0 Å². The lowest BCUT2D eigenvalue weighted by Crippen LogP contribution is -2.43. The maximum Gasteiger partial charge on any atom is 0.312 e. The molecule has 2 fully saturated rings. The summed E-state index contributed by atoms with van der Waals surface area (Å²) in [5, 5.41) is 0. The van der Waals surface area contributed by atoms with E-state index in [2.05, 4.69) is 23.9 Å². The number of pyridine rings is 1. The average Bonchev–Trinajstić information content (AvgIpc) is 2.94. The number of rotatable bonds is 7. The maximum atomic E-state index is 12.7. The lowest BCUT2D eigenvalue weighted by molar-refractivity contribution is -0.150. The summed E-state index contributed by atoms with van der Waals surface area (Å²) < 4.78 is 29.9. The van der Waals surface area contributed by atoms with Gasteiger partial charge in [0, 0.05) is 38.5 Å². The lowest BCUT2D eigenvalue weighted by atomic mass is 9.76. The minimum Gasteiger partial charge on any atom is -0.461 e. The van der Waals surface area contributed by atoms with E-state index < -0.39 is 15.3 Å². The molecule has 2 aliphatic heterocycles. The van der Waals surface area contributed by atoms with Gasteiger partial charge < -0.3 is 14.5 Å². The highest BCUT2D eigenvalue weighted by atomic mass is 32.2. The number of sulfone groups is 1. The summed E-state index contributed by atoms with van der Waals surface area (Å²) in [4.78, 5) is 21.4. The number of nitrogens with zero attached hydrogens (tertiary/aromatic N) is 3. The summed E-state index contributed by atoms with van der Waals surface area (Å²) in [5.41, 5.74) is -0.438. The molecular weight excluding hydrogens is 378 g/mol. The molecule has 1 atom stereocenters.